The van der Waals surface area contributed by atoms with Crippen LogP contribution in [0.3, 0.4) is 0 Å². The number of benzene rings is 1. The molecule has 0 bridgehead atoms. The van der Waals surface area contributed by atoms with Crippen LogP contribution < -0.4 is 15.4 Å². The molecule has 1 aromatic rings. The Labute approximate surface area is 133 Å². The van der Waals surface area contributed by atoms with E-state index in [9.17, 15) is 13.2 Å². The highest BCUT2D eigenvalue weighted by molar-refractivity contribution is 5.79. The van der Waals surface area contributed by atoms with Crippen LogP contribution in [-0.4, -0.2) is 46.2 Å². The Morgan fingerprint density at radius 1 is 1.13 bits per heavy atom. The van der Waals surface area contributed by atoms with Crippen molar-refractivity contribution in [3.8, 4) is 5.75 Å². The number of ether oxygens (including phenoxy) is 2. The Balaban J connectivity index is 2.31. The van der Waals surface area contributed by atoms with Crippen LogP contribution in [0.4, 0.5) is 13.2 Å². The zero-order valence-corrected chi connectivity index (χ0v) is 13.2. The summed E-state index contributed by atoms with van der Waals surface area (Å²) in [4.78, 5) is 4.08. The van der Waals surface area contributed by atoms with Crippen LogP contribution in [0.2, 0.25) is 0 Å². The number of guanidine groups is 1. The van der Waals surface area contributed by atoms with E-state index >= 15 is 0 Å². The van der Waals surface area contributed by atoms with Gasteiger partial charge in [-0.25, -0.2) is 0 Å². The van der Waals surface area contributed by atoms with Crippen molar-refractivity contribution in [2.75, 3.05) is 33.9 Å². The van der Waals surface area contributed by atoms with Crippen molar-refractivity contribution in [1.82, 2.24) is 10.6 Å². The number of methoxy groups -OCH3 is 1. The normalized spacial score (nSPS) is 12.1. The standard InChI is InChI=1S/C15H22F3N3O2/c1-19-14(20-9-3-11-22-2)21-10-8-12-4-6-13(7-5-12)23-15(16,17)18/h4-7H,3,8-11H2,1-2H3,(H2,19,20,21). The molecule has 0 saturated heterocycles. The van der Waals surface area contributed by atoms with Crippen LogP contribution in [0.15, 0.2) is 29.3 Å². The smallest absolute Gasteiger partial charge is 0.406 e. The first-order valence-corrected chi connectivity index (χ1v) is 7.22. The molecular weight excluding hydrogens is 311 g/mol. The molecule has 0 fully saturated rings. The lowest BCUT2D eigenvalue weighted by molar-refractivity contribution is -0.274. The average molecular weight is 333 g/mol. The number of hydrogen-bond donors (Lipinski definition) is 2. The predicted octanol–water partition coefficient (Wildman–Crippen LogP) is 2.33. The summed E-state index contributed by atoms with van der Waals surface area (Å²) >= 11 is 0. The molecule has 0 spiro atoms. The highest BCUT2D eigenvalue weighted by atomic mass is 19.4. The molecule has 0 heterocycles. The lowest BCUT2D eigenvalue weighted by Gasteiger charge is -2.12. The van der Waals surface area contributed by atoms with Crippen LogP contribution in [0, 0.1) is 0 Å². The van der Waals surface area contributed by atoms with Gasteiger partial charge in [0, 0.05) is 33.9 Å². The lowest BCUT2D eigenvalue weighted by Crippen LogP contribution is -2.39. The van der Waals surface area contributed by atoms with E-state index in [1.165, 1.54) is 12.1 Å². The van der Waals surface area contributed by atoms with Gasteiger partial charge in [0.15, 0.2) is 5.96 Å². The van der Waals surface area contributed by atoms with E-state index in [1.807, 2.05) is 0 Å². The number of alkyl halides is 3. The van der Waals surface area contributed by atoms with Crippen molar-refractivity contribution in [2.45, 2.75) is 19.2 Å². The van der Waals surface area contributed by atoms with E-state index in [2.05, 4.69) is 20.4 Å². The van der Waals surface area contributed by atoms with Gasteiger partial charge in [0.05, 0.1) is 0 Å². The molecule has 1 rings (SSSR count). The second-order valence-electron chi connectivity index (χ2n) is 4.71. The van der Waals surface area contributed by atoms with Gasteiger partial charge in [-0.3, -0.25) is 4.99 Å². The second kappa shape index (κ2) is 9.94. The van der Waals surface area contributed by atoms with E-state index < -0.39 is 6.36 Å². The van der Waals surface area contributed by atoms with Gasteiger partial charge in [-0.05, 0) is 30.5 Å². The number of nitrogens with one attached hydrogen (secondary N) is 2. The van der Waals surface area contributed by atoms with Gasteiger partial charge in [-0.2, -0.15) is 0 Å². The van der Waals surface area contributed by atoms with Gasteiger partial charge in [0.1, 0.15) is 5.75 Å². The molecule has 0 atom stereocenters. The second-order valence-corrected chi connectivity index (χ2v) is 4.71. The SMILES string of the molecule is CN=C(NCCCOC)NCCc1ccc(OC(F)(F)F)cc1. The quantitative estimate of drug-likeness (QED) is 0.436. The van der Waals surface area contributed by atoms with Crippen LogP contribution in [0.25, 0.3) is 0 Å². The predicted molar refractivity (Wildman–Crippen MR) is 82.7 cm³/mol. The summed E-state index contributed by atoms with van der Waals surface area (Å²) in [5.74, 6) is 0.461. The van der Waals surface area contributed by atoms with E-state index in [0.29, 0.717) is 25.5 Å². The first-order chi connectivity index (χ1) is 10.9. The Bertz CT molecular complexity index is 476. The van der Waals surface area contributed by atoms with Gasteiger partial charge < -0.3 is 20.1 Å². The van der Waals surface area contributed by atoms with Crippen molar-refractivity contribution >= 4 is 5.96 Å². The van der Waals surface area contributed by atoms with E-state index in [0.717, 1.165) is 18.5 Å². The van der Waals surface area contributed by atoms with Gasteiger partial charge >= 0.3 is 6.36 Å². The third kappa shape index (κ3) is 8.92. The van der Waals surface area contributed by atoms with Crippen molar-refractivity contribution in [2.24, 2.45) is 4.99 Å². The monoisotopic (exact) mass is 333 g/mol. The Morgan fingerprint density at radius 3 is 2.35 bits per heavy atom. The molecule has 0 amide bonds. The van der Waals surface area contributed by atoms with Crippen molar-refractivity contribution < 1.29 is 22.6 Å². The number of nitrogens with zero attached hydrogens (tertiary/aromatic N) is 1. The number of aliphatic imine (C=N–C) groups is 1. The van der Waals surface area contributed by atoms with Crippen LogP contribution in [-0.2, 0) is 11.2 Å². The molecule has 23 heavy (non-hydrogen) atoms. The molecule has 0 aliphatic carbocycles. The fourth-order valence-electron chi connectivity index (χ4n) is 1.83. The number of rotatable bonds is 8. The summed E-state index contributed by atoms with van der Waals surface area (Å²) in [7, 11) is 3.33. The molecule has 0 aliphatic heterocycles. The molecule has 130 valence electrons. The van der Waals surface area contributed by atoms with Crippen LogP contribution >= 0.6 is 0 Å². The Kier molecular flexibility index (Phi) is 8.25. The molecule has 1 aromatic carbocycles. The van der Waals surface area contributed by atoms with E-state index in [4.69, 9.17) is 4.74 Å². The maximum atomic E-state index is 12.1. The lowest BCUT2D eigenvalue weighted by atomic mass is 10.1. The summed E-state index contributed by atoms with van der Waals surface area (Å²) in [5.41, 5.74) is 0.905. The first kappa shape index (κ1) is 19.1. The number of halogens is 3. The maximum absolute atomic E-state index is 12.1. The summed E-state index contributed by atoms with van der Waals surface area (Å²) < 4.78 is 45.0. The third-order valence-electron chi connectivity index (χ3n) is 2.90. The minimum atomic E-state index is -4.66. The van der Waals surface area contributed by atoms with Crippen molar-refractivity contribution in [3.63, 3.8) is 0 Å². The average Bonchev–Trinajstić information content (AvgIpc) is 2.50. The largest absolute Gasteiger partial charge is 0.573 e. The topological polar surface area (TPSA) is 54.9 Å². The third-order valence-corrected chi connectivity index (χ3v) is 2.90. The van der Waals surface area contributed by atoms with Gasteiger partial charge in [0.2, 0.25) is 0 Å². The van der Waals surface area contributed by atoms with Crippen molar-refractivity contribution in [1.29, 1.82) is 0 Å². The van der Waals surface area contributed by atoms with Crippen LogP contribution in [0.1, 0.15) is 12.0 Å². The molecule has 0 saturated carbocycles. The molecule has 8 heteroatoms. The van der Waals surface area contributed by atoms with Gasteiger partial charge in [-0.15, -0.1) is 13.2 Å². The number of hydrogen-bond acceptors (Lipinski definition) is 3. The summed E-state index contributed by atoms with van der Waals surface area (Å²) in [5, 5.41) is 6.27. The zero-order valence-electron chi connectivity index (χ0n) is 13.2. The van der Waals surface area contributed by atoms with E-state index in [1.54, 1.807) is 26.3 Å². The zero-order chi connectivity index (χ0) is 17.1. The molecule has 2 N–H and O–H groups in total. The molecular formula is C15H22F3N3O2. The highest BCUT2D eigenvalue weighted by Crippen LogP contribution is 2.22. The fourth-order valence-corrected chi connectivity index (χ4v) is 1.83. The first-order valence-electron chi connectivity index (χ1n) is 7.22. The van der Waals surface area contributed by atoms with Crippen LogP contribution in [0.5, 0.6) is 5.75 Å². The Hall–Kier alpha value is -1.96. The Morgan fingerprint density at radius 2 is 1.78 bits per heavy atom. The van der Waals surface area contributed by atoms with Crippen molar-refractivity contribution in [3.05, 3.63) is 29.8 Å². The van der Waals surface area contributed by atoms with Gasteiger partial charge in [-0.1, -0.05) is 12.1 Å². The highest BCUT2D eigenvalue weighted by Gasteiger charge is 2.30. The molecule has 5 nitrogen and oxygen atoms in total. The maximum Gasteiger partial charge on any atom is 0.573 e. The summed E-state index contributed by atoms with van der Waals surface area (Å²) in [6.07, 6.45) is -3.13. The molecule has 0 aliphatic rings. The molecule has 0 aromatic heterocycles. The fraction of sp³-hybridized carbons (Fsp3) is 0.533. The molecule has 0 radical (unpaired) electrons. The summed E-state index contributed by atoms with van der Waals surface area (Å²) in [6, 6.07) is 5.83. The minimum Gasteiger partial charge on any atom is -0.406 e. The summed E-state index contributed by atoms with van der Waals surface area (Å²) in [6.45, 7) is 2.04. The molecule has 0 unspecified atom stereocenters. The van der Waals surface area contributed by atoms with Gasteiger partial charge in [0.25, 0.3) is 0 Å². The van der Waals surface area contributed by atoms with E-state index in [-0.39, 0.29) is 5.75 Å². The minimum absolute atomic E-state index is 0.218.